The molecule has 0 radical (unpaired) electrons. The van der Waals surface area contributed by atoms with Gasteiger partial charge in [0.05, 0.1) is 15.7 Å². The summed E-state index contributed by atoms with van der Waals surface area (Å²) in [6, 6.07) is 7.05. The van der Waals surface area contributed by atoms with Crippen molar-refractivity contribution in [3.8, 4) is 5.75 Å². The lowest BCUT2D eigenvalue weighted by atomic mass is 10.3. The maximum atomic E-state index is 13.0. The highest BCUT2D eigenvalue weighted by Crippen LogP contribution is 2.26. The zero-order valence-corrected chi connectivity index (χ0v) is 16.6. The Morgan fingerprint density at radius 2 is 2.11 bits per heavy atom. The number of amides is 1. The van der Waals surface area contributed by atoms with Crippen molar-refractivity contribution in [2.45, 2.75) is 26.5 Å². The van der Waals surface area contributed by atoms with E-state index in [9.17, 15) is 9.18 Å². The van der Waals surface area contributed by atoms with Crippen molar-refractivity contribution in [3.63, 3.8) is 0 Å². The maximum absolute atomic E-state index is 13.0. The third kappa shape index (κ3) is 5.27. The smallest absolute Gasteiger partial charge is 0.286 e. The molecule has 2 aromatic heterocycles. The van der Waals surface area contributed by atoms with Crippen LogP contribution in [0.15, 0.2) is 40.9 Å². The number of carbonyl (C=O) groups is 1. The fourth-order valence-electron chi connectivity index (χ4n) is 2.46. The topological polar surface area (TPSA) is 69.3 Å². The monoisotopic (exact) mass is 425 g/mol. The number of furan rings is 1. The summed E-state index contributed by atoms with van der Waals surface area (Å²) in [4.78, 5) is 12.1. The summed E-state index contributed by atoms with van der Waals surface area (Å²) in [6.07, 6.45) is 2.45. The van der Waals surface area contributed by atoms with Gasteiger partial charge in [0.25, 0.3) is 5.91 Å². The first-order valence-electron chi connectivity index (χ1n) is 8.56. The Labute approximate surface area is 171 Å². The van der Waals surface area contributed by atoms with E-state index >= 15 is 0 Å². The molecule has 0 aliphatic carbocycles. The standard InChI is InChI=1S/C19H18Cl2FN3O3/c1-12-16(21)10-25(24-12)8-2-7-23-19(26)18-6-4-14(28-18)11-27-17-5-3-13(22)9-15(17)20/h3-6,9-10H,2,7-8,11H2,1H3,(H,23,26). The molecule has 3 rings (SSSR count). The molecular formula is C19H18Cl2FN3O3. The van der Waals surface area contributed by atoms with E-state index in [1.165, 1.54) is 12.1 Å². The Balaban J connectivity index is 1.44. The van der Waals surface area contributed by atoms with E-state index in [2.05, 4.69) is 10.4 Å². The predicted octanol–water partition coefficient (Wildman–Crippen LogP) is 4.63. The number of rotatable bonds is 8. The molecular weight excluding hydrogens is 408 g/mol. The van der Waals surface area contributed by atoms with Crippen LogP contribution in [0, 0.1) is 12.7 Å². The Morgan fingerprint density at radius 1 is 1.29 bits per heavy atom. The summed E-state index contributed by atoms with van der Waals surface area (Å²) in [7, 11) is 0. The molecule has 0 unspecified atom stereocenters. The molecule has 0 fully saturated rings. The first-order valence-corrected chi connectivity index (χ1v) is 9.32. The molecule has 0 bridgehead atoms. The van der Waals surface area contributed by atoms with E-state index in [1.807, 2.05) is 6.92 Å². The van der Waals surface area contributed by atoms with Gasteiger partial charge >= 0.3 is 0 Å². The van der Waals surface area contributed by atoms with Gasteiger partial charge in [0.15, 0.2) is 5.76 Å². The fraction of sp³-hybridized carbons (Fsp3) is 0.263. The van der Waals surface area contributed by atoms with E-state index in [-0.39, 0.29) is 23.3 Å². The minimum atomic E-state index is -0.444. The summed E-state index contributed by atoms with van der Waals surface area (Å²) in [5.74, 6) is 0.203. The van der Waals surface area contributed by atoms with Crippen LogP contribution in [0.2, 0.25) is 10.0 Å². The van der Waals surface area contributed by atoms with Gasteiger partial charge in [-0.1, -0.05) is 23.2 Å². The average Bonchev–Trinajstić information content (AvgIpc) is 3.25. The number of aryl methyl sites for hydroxylation is 2. The van der Waals surface area contributed by atoms with E-state index in [1.54, 1.807) is 23.0 Å². The van der Waals surface area contributed by atoms with Gasteiger partial charge in [0.1, 0.15) is 23.9 Å². The molecule has 2 heterocycles. The van der Waals surface area contributed by atoms with Gasteiger partial charge in [-0.2, -0.15) is 5.10 Å². The third-order valence-corrected chi connectivity index (χ3v) is 4.55. The predicted molar refractivity (Wildman–Crippen MR) is 103 cm³/mol. The Morgan fingerprint density at radius 3 is 2.82 bits per heavy atom. The third-order valence-electron chi connectivity index (χ3n) is 3.89. The number of aromatic nitrogens is 2. The average molecular weight is 426 g/mol. The second-order valence-corrected chi connectivity index (χ2v) is 6.88. The van der Waals surface area contributed by atoms with Crippen molar-refractivity contribution < 1.29 is 18.3 Å². The molecule has 3 aromatic rings. The highest BCUT2D eigenvalue weighted by molar-refractivity contribution is 6.32. The summed E-state index contributed by atoms with van der Waals surface area (Å²) < 4.78 is 25.7. The summed E-state index contributed by atoms with van der Waals surface area (Å²) in [5.41, 5.74) is 0.776. The Kier molecular flexibility index (Phi) is 6.59. The number of halogens is 3. The van der Waals surface area contributed by atoms with Crippen LogP contribution in [-0.2, 0) is 13.2 Å². The number of benzene rings is 1. The first-order chi connectivity index (χ1) is 13.4. The van der Waals surface area contributed by atoms with Gasteiger partial charge in [0.2, 0.25) is 0 Å². The molecule has 1 amide bonds. The fourth-order valence-corrected chi connectivity index (χ4v) is 2.83. The molecule has 0 saturated heterocycles. The van der Waals surface area contributed by atoms with Crippen LogP contribution < -0.4 is 10.1 Å². The van der Waals surface area contributed by atoms with Crippen LogP contribution in [0.3, 0.4) is 0 Å². The number of nitrogens with zero attached hydrogens (tertiary/aromatic N) is 2. The van der Waals surface area contributed by atoms with E-state index in [0.29, 0.717) is 36.0 Å². The molecule has 0 aliphatic heterocycles. The highest BCUT2D eigenvalue weighted by Gasteiger charge is 2.12. The molecule has 0 spiro atoms. The SMILES string of the molecule is Cc1nn(CCCNC(=O)c2ccc(COc3ccc(F)cc3Cl)o2)cc1Cl. The van der Waals surface area contributed by atoms with Crippen molar-refractivity contribution in [3.05, 3.63) is 69.6 Å². The minimum Gasteiger partial charge on any atom is -0.484 e. The molecule has 1 aromatic carbocycles. The van der Waals surface area contributed by atoms with Crippen LogP contribution >= 0.6 is 23.2 Å². The summed E-state index contributed by atoms with van der Waals surface area (Å²) >= 11 is 11.9. The van der Waals surface area contributed by atoms with Gasteiger partial charge in [-0.25, -0.2) is 4.39 Å². The molecule has 28 heavy (non-hydrogen) atoms. The molecule has 148 valence electrons. The molecule has 6 nitrogen and oxygen atoms in total. The molecule has 9 heteroatoms. The summed E-state index contributed by atoms with van der Waals surface area (Å²) in [5, 5.41) is 7.82. The van der Waals surface area contributed by atoms with Gasteiger partial charge in [-0.05, 0) is 43.7 Å². The van der Waals surface area contributed by atoms with E-state index in [0.717, 1.165) is 11.8 Å². The van der Waals surface area contributed by atoms with E-state index in [4.69, 9.17) is 32.4 Å². The first kappa shape index (κ1) is 20.2. The van der Waals surface area contributed by atoms with Crippen LogP contribution in [0.1, 0.15) is 28.4 Å². The van der Waals surface area contributed by atoms with E-state index < -0.39 is 5.82 Å². The highest BCUT2D eigenvalue weighted by atomic mass is 35.5. The van der Waals surface area contributed by atoms with Crippen LogP contribution in [0.25, 0.3) is 0 Å². The lowest BCUT2D eigenvalue weighted by Gasteiger charge is -2.06. The second kappa shape index (κ2) is 9.12. The van der Waals surface area contributed by atoms with Gasteiger partial charge in [-0.15, -0.1) is 0 Å². The number of ether oxygens (including phenoxy) is 1. The second-order valence-electron chi connectivity index (χ2n) is 6.06. The van der Waals surface area contributed by atoms with Crippen molar-refractivity contribution in [2.75, 3.05) is 6.54 Å². The zero-order chi connectivity index (χ0) is 20.1. The molecule has 0 atom stereocenters. The minimum absolute atomic E-state index is 0.0675. The van der Waals surface area contributed by atoms with Gasteiger partial charge in [0, 0.05) is 19.3 Å². The Hall–Kier alpha value is -2.51. The molecule has 0 saturated carbocycles. The van der Waals surface area contributed by atoms with Crippen molar-refractivity contribution in [1.29, 1.82) is 0 Å². The number of carbonyl (C=O) groups excluding carboxylic acids is 1. The van der Waals surface area contributed by atoms with Crippen LogP contribution in [0.5, 0.6) is 5.75 Å². The lowest BCUT2D eigenvalue weighted by Crippen LogP contribution is -2.24. The van der Waals surface area contributed by atoms with Crippen molar-refractivity contribution in [2.24, 2.45) is 0 Å². The van der Waals surface area contributed by atoms with Gasteiger partial charge in [-0.3, -0.25) is 9.48 Å². The van der Waals surface area contributed by atoms with Crippen molar-refractivity contribution in [1.82, 2.24) is 15.1 Å². The number of nitrogens with one attached hydrogen (secondary N) is 1. The normalized spacial score (nSPS) is 10.9. The zero-order valence-electron chi connectivity index (χ0n) is 15.0. The summed E-state index contributed by atoms with van der Waals surface area (Å²) in [6.45, 7) is 3.01. The van der Waals surface area contributed by atoms with Crippen LogP contribution in [0.4, 0.5) is 4.39 Å². The largest absolute Gasteiger partial charge is 0.484 e. The maximum Gasteiger partial charge on any atom is 0.286 e. The number of hydrogen-bond acceptors (Lipinski definition) is 4. The van der Waals surface area contributed by atoms with Gasteiger partial charge < -0.3 is 14.5 Å². The van der Waals surface area contributed by atoms with Crippen molar-refractivity contribution >= 4 is 29.1 Å². The number of hydrogen-bond donors (Lipinski definition) is 1. The van der Waals surface area contributed by atoms with Crippen LogP contribution in [-0.4, -0.2) is 22.2 Å². The molecule has 1 N–H and O–H groups in total. The molecule has 0 aliphatic rings. The quantitative estimate of drug-likeness (QED) is 0.534. The Bertz CT molecular complexity index is 952. The lowest BCUT2D eigenvalue weighted by molar-refractivity contribution is 0.0920.